The molecule has 0 aliphatic rings. The van der Waals surface area contributed by atoms with Gasteiger partial charge in [-0.2, -0.15) is 5.10 Å². The molecule has 0 fully saturated rings. The number of ether oxygens (including phenoxy) is 2. The van der Waals surface area contributed by atoms with E-state index in [-0.39, 0.29) is 17.2 Å². The Bertz CT molecular complexity index is 1370. The first-order valence-electron chi connectivity index (χ1n) is 10.2. The molecule has 8 heteroatoms. The first-order chi connectivity index (χ1) is 16.5. The van der Waals surface area contributed by atoms with Gasteiger partial charge in [0.2, 0.25) is 0 Å². The Labute approximate surface area is 205 Å². The van der Waals surface area contributed by atoms with Crippen molar-refractivity contribution in [3.63, 3.8) is 0 Å². The zero-order valence-electron chi connectivity index (χ0n) is 17.7. The Morgan fingerprint density at radius 1 is 0.912 bits per heavy atom. The topological polar surface area (TPSA) is 77.0 Å². The highest BCUT2D eigenvalue weighted by Crippen LogP contribution is 2.25. The zero-order valence-corrected chi connectivity index (χ0v) is 19.2. The number of fused-ring (bicyclic) bond motifs is 1. The lowest BCUT2D eigenvalue weighted by Gasteiger charge is -2.08. The molecule has 0 atom stereocenters. The summed E-state index contributed by atoms with van der Waals surface area (Å²) >= 11 is 11.9. The van der Waals surface area contributed by atoms with E-state index in [9.17, 15) is 9.59 Å². The Kier molecular flexibility index (Phi) is 7.42. The highest BCUT2D eigenvalue weighted by Gasteiger charge is 2.13. The molecule has 4 aromatic rings. The predicted molar refractivity (Wildman–Crippen MR) is 133 cm³/mol. The summed E-state index contributed by atoms with van der Waals surface area (Å²) in [5, 5.41) is 6.53. The number of amides is 1. The van der Waals surface area contributed by atoms with Crippen LogP contribution in [0, 0.1) is 0 Å². The van der Waals surface area contributed by atoms with Crippen LogP contribution in [-0.2, 0) is 4.79 Å². The van der Waals surface area contributed by atoms with Crippen LogP contribution in [0.2, 0.25) is 10.0 Å². The van der Waals surface area contributed by atoms with Crippen molar-refractivity contribution >= 4 is 52.1 Å². The number of rotatable bonds is 7. The summed E-state index contributed by atoms with van der Waals surface area (Å²) in [4.78, 5) is 24.4. The summed E-state index contributed by atoms with van der Waals surface area (Å²) < 4.78 is 11.0. The monoisotopic (exact) mass is 492 g/mol. The fourth-order valence-electron chi connectivity index (χ4n) is 3.11. The summed E-state index contributed by atoms with van der Waals surface area (Å²) in [6.07, 6.45) is 1.47. The van der Waals surface area contributed by atoms with Gasteiger partial charge in [0.15, 0.2) is 6.61 Å². The third kappa shape index (κ3) is 5.92. The first-order valence-corrected chi connectivity index (χ1v) is 10.9. The third-order valence-electron chi connectivity index (χ3n) is 4.75. The Morgan fingerprint density at radius 3 is 2.47 bits per heavy atom. The maximum Gasteiger partial charge on any atom is 0.345 e. The van der Waals surface area contributed by atoms with Gasteiger partial charge in [0.05, 0.1) is 16.8 Å². The van der Waals surface area contributed by atoms with E-state index in [0.717, 1.165) is 10.8 Å². The van der Waals surface area contributed by atoms with Gasteiger partial charge >= 0.3 is 5.97 Å². The number of benzene rings is 4. The normalized spacial score (nSPS) is 10.9. The molecule has 0 unspecified atom stereocenters. The quantitative estimate of drug-likeness (QED) is 0.151. The number of halogens is 2. The summed E-state index contributed by atoms with van der Waals surface area (Å²) in [7, 11) is 0. The van der Waals surface area contributed by atoms with E-state index >= 15 is 0 Å². The summed E-state index contributed by atoms with van der Waals surface area (Å²) in [5.41, 5.74) is 3.33. The average molecular weight is 493 g/mol. The molecule has 0 heterocycles. The molecule has 6 nitrogen and oxygen atoms in total. The van der Waals surface area contributed by atoms with Crippen molar-refractivity contribution in [2.45, 2.75) is 0 Å². The van der Waals surface area contributed by atoms with Crippen molar-refractivity contribution in [3.05, 3.63) is 106 Å². The van der Waals surface area contributed by atoms with E-state index in [1.165, 1.54) is 18.3 Å². The van der Waals surface area contributed by atoms with Gasteiger partial charge in [-0.1, -0.05) is 59.6 Å². The maximum atomic E-state index is 12.3. The predicted octanol–water partition coefficient (Wildman–Crippen LogP) is 5.89. The number of hydrogen-bond acceptors (Lipinski definition) is 5. The van der Waals surface area contributed by atoms with Crippen molar-refractivity contribution in [1.82, 2.24) is 5.43 Å². The van der Waals surface area contributed by atoms with Gasteiger partial charge in [0.25, 0.3) is 5.91 Å². The Balaban J connectivity index is 1.28. The van der Waals surface area contributed by atoms with Gasteiger partial charge in [-0.25, -0.2) is 10.2 Å². The fourth-order valence-corrected chi connectivity index (χ4v) is 3.60. The van der Waals surface area contributed by atoms with Crippen LogP contribution in [0.15, 0.2) is 90.0 Å². The minimum Gasteiger partial charge on any atom is -0.483 e. The maximum absolute atomic E-state index is 12.3. The smallest absolute Gasteiger partial charge is 0.345 e. The molecule has 170 valence electrons. The van der Waals surface area contributed by atoms with E-state index in [0.29, 0.717) is 22.1 Å². The van der Waals surface area contributed by atoms with E-state index < -0.39 is 11.9 Å². The van der Waals surface area contributed by atoms with Gasteiger partial charge in [0, 0.05) is 10.4 Å². The van der Waals surface area contributed by atoms with Crippen LogP contribution in [0.5, 0.6) is 11.5 Å². The van der Waals surface area contributed by atoms with Crippen LogP contribution in [-0.4, -0.2) is 24.7 Å². The van der Waals surface area contributed by atoms with Crippen molar-refractivity contribution < 1.29 is 19.1 Å². The molecule has 0 aromatic heterocycles. The second kappa shape index (κ2) is 10.8. The highest BCUT2D eigenvalue weighted by atomic mass is 35.5. The lowest BCUT2D eigenvalue weighted by atomic mass is 10.1. The molecule has 0 radical (unpaired) electrons. The molecule has 4 aromatic carbocycles. The largest absolute Gasteiger partial charge is 0.483 e. The fraction of sp³-hybridized carbons (Fsp3) is 0.0385. The standard InChI is InChI=1S/C26H18Cl2N2O4/c27-19-10-13-22(23(28)14-19)26(32)34-20-11-8-17(9-12-20)15-29-30-25(31)16-33-24-7-3-5-18-4-1-2-6-21(18)24/h1-15H,16H2,(H,30,31)/b29-15+. The minimum atomic E-state index is -0.596. The number of nitrogens with one attached hydrogen (secondary N) is 1. The minimum absolute atomic E-state index is 0.173. The molecule has 4 rings (SSSR count). The van der Waals surface area contributed by atoms with E-state index in [2.05, 4.69) is 10.5 Å². The van der Waals surface area contributed by atoms with Crippen molar-refractivity contribution in [2.75, 3.05) is 6.61 Å². The van der Waals surface area contributed by atoms with Crippen LogP contribution in [0.4, 0.5) is 0 Å². The van der Waals surface area contributed by atoms with Crippen LogP contribution < -0.4 is 14.9 Å². The third-order valence-corrected chi connectivity index (χ3v) is 5.30. The number of nitrogens with zero attached hydrogens (tertiary/aromatic N) is 1. The molecule has 0 saturated carbocycles. The molecule has 1 N–H and O–H groups in total. The average Bonchev–Trinajstić information content (AvgIpc) is 2.83. The van der Waals surface area contributed by atoms with Gasteiger partial charge in [-0.15, -0.1) is 0 Å². The molecule has 0 spiro atoms. The van der Waals surface area contributed by atoms with Crippen molar-refractivity contribution in [1.29, 1.82) is 0 Å². The number of hydrazone groups is 1. The number of carbonyl (C=O) groups is 2. The molecular formula is C26H18Cl2N2O4. The molecular weight excluding hydrogens is 475 g/mol. The molecule has 1 amide bonds. The van der Waals surface area contributed by atoms with Crippen LogP contribution in [0.25, 0.3) is 10.8 Å². The Morgan fingerprint density at radius 2 is 1.68 bits per heavy atom. The second-order valence-electron chi connectivity index (χ2n) is 7.14. The molecule has 34 heavy (non-hydrogen) atoms. The lowest BCUT2D eigenvalue weighted by molar-refractivity contribution is -0.123. The van der Waals surface area contributed by atoms with Crippen molar-refractivity contribution in [2.24, 2.45) is 5.10 Å². The summed E-state index contributed by atoms with van der Waals surface area (Å²) in [6.45, 7) is -0.173. The Hall–Kier alpha value is -3.87. The molecule has 0 aliphatic heterocycles. The van der Waals surface area contributed by atoms with E-state index in [1.807, 2.05) is 42.5 Å². The molecule has 0 saturated heterocycles. The van der Waals surface area contributed by atoms with E-state index in [1.54, 1.807) is 30.3 Å². The summed E-state index contributed by atoms with van der Waals surface area (Å²) in [6, 6.07) is 24.6. The molecule has 0 aliphatic carbocycles. The van der Waals surface area contributed by atoms with Gasteiger partial charge in [-0.3, -0.25) is 4.79 Å². The van der Waals surface area contributed by atoms with Gasteiger partial charge in [-0.05, 0) is 59.5 Å². The number of esters is 1. The summed E-state index contributed by atoms with van der Waals surface area (Å²) in [5.74, 6) is -0.0286. The first kappa shape index (κ1) is 23.3. The lowest BCUT2D eigenvalue weighted by Crippen LogP contribution is -2.24. The van der Waals surface area contributed by atoms with Gasteiger partial charge < -0.3 is 9.47 Å². The number of carbonyl (C=O) groups excluding carboxylic acids is 2. The van der Waals surface area contributed by atoms with Crippen LogP contribution in [0.1, 0.15) is 15.9 Å². The van der Waals surface area contributed by atoms with E-state index in [4.69, 9.17) is 32.7 Å². The SMILES string of the molecule is O=C(COc1cccc2ccccc12)N/N=C/c1ccc(OC(=O)c2ccc(Cl)cc2Cl)cc1. The highest BCUT2D eigenvalue weighted by molar-refractivity contribution is 6.36. The second-order valence-corrected chi connectivity index (χ2v) is 7.99. The number of hydrogen-bond donors (Lipinski definition) is 1. The molecule has 0 bridgehead atoms. The van der Waals surface area contributed by atoms with Crippen molar-refractivity contribution in [3.8, 4) is 11.5 Å². The van der Waals surface area contributed by atoms with Gasteiger partial charge in [0.1, 0.15) is 11.5 Å². The van der Waals surface area contributed by atoms with Crippen LogP contribution in [0.3, 0.4) is 0 Å². The zero-order chi connectivity index (χ0) is 23.9. The van der Waals surface area contributed by atoms with Crippen LogP contribution >= 0.6 is 23.2 Å².